The largest absolute Gasteiger partial charge is 0.493 e. The highest BCUT2D eigenvalue weighted by Gasteiger charge is 2.26. The van der Waals surface area contributed by atoms with Gasteiger partial charge < -0.3 is 10.1 Å². The van der Waals surface area contributed by atoms with E-state index >= 15 is 0 Å². The fraction of sp³-hybridized carbons (Fsp3) is 0.429. The van der Waals surface area contributed by atoms with Gasteiger partial charge in [-0.2, -0.15) is 0 Å². The van der Waals surface area contributed by atoms with E-state index in [4.69, 9.17) is 4.74 Å². The molecular formula is C14H19NO. The quantitative estimate of drug-likeness (QED) is 0.783. The molecule has 0 bridgehead atoms. The molecule has 2 rings (SSSR count). The van der Waals surface area contributed by atoms with E-state index in [1.807, 2.05) is 18.2 Å². The summed E-state index contributed by atoms with van der Waals surface area (Å²) in [5.74, 6) is 1.52. The van der Waals surface area contributed by atoms with Gasteiger partial charge >= 0.3 is 0 Å². The fourth-order valence-corrected chi connectivity index (χ4v) is 2.37. The summed E-state index contributed by atoms with van der Waals surface area (Å²) in [5, 5.41) is 3.47. The molecule has 86 valence electrons. The highest BCUT2D eigenvalue weighted by Crippen LogP contribution is 2.35. The Balaban J connectivity index is 2.26. The van der Waals surface area contributed by atoms with Crippen molar-refractivity contribution in [3.8, 4) is 5.75 Å². The summed E-state index contributed by atoms with van der Waals surface area (Å²) in [4.78, 5) is 0. The van der Waals surface area contributed by atoms with Crippen LogP contribution in [0.4, 0.5) is 0 Å². The number of hydrogen-bond donors (Lipinski definition) is 1. The van der Waals surface area contributed by atoms with Crippen LogP contribution < -0.4 is 10.1 Å². The lowest BCUT2D eigenvalue weighted by Gasteiger charge is -2.31. The zero-order chi connectivity index (χ0) is 11.4. The lowest BCUT2D eigenvalue weighted by molar-refractivity contribution is 0.255. The molecule has 16 heavy (non-hydrogen) atoms. The van der Waals surface area contributed by atoms with Crippen molar-refractivity contribution in [2.75, 3.05) is 13.2 Å². The van der Waals surface area contributed by atoms with Crippen molar-refractivity contribution in [3.63, 3.8) is 0 Å². The molecule has 0 saturated carbocycles. The Kier molecular flexibility index (Phi) is 3.62. The normalized spacial score (nSPS) is 20.7. The minimum absolute atomic E-state index is 0.343. The SMILES string of the molecule is C=CC(NCC)C1CCOc2ccccc21. The van der Waals surface area contributed by atoms with Crippen LogP contribution in [0.25, 0.3) is 0 Å². The number of nitrogens with one attached hydrogen (secondary N) is 1. The van der Waals surface area contributed by atoms with E-state index in [0.717, 1.165) is 25.3 Å². The maximum absolute atomic E-state index is 5.66. The third kappa shape index (κ3) is 2.12. The molecule has 1 aliphatic heterocycles. The van der Waals surface area contributed by atoms with Crippen LogP contribution in [0.1, 0.15) is 24.8 Å². The van der Waals surface area contributed by atoms with Crippen molar-refractivity contribution in [3.05, 3.63) is 42.5 Å². The van der Waals surface area contributed by atoms with Crippen LogP contribution in [0.3, 0.4) is 0 Å². The molecular weight excluding hydrogens is 198 g/mol. The van der Waals surface area contributed by atoms with E-state index < -0.39 is 0 Å². The number of benzene rings is 1. The summed E-state index contributed by atoms with van der Waals surface area (Å²) >= 11 is 0. The van der Waals surface area contributed by atoms with E-state index in [1.54, 1.807) is 0 Å². The van der Waals surface area contributed by atoms with Crippen molar-refractivity contribution in [1.29, 1.82) is 0 Å². The number of fused-ring (bicyclic) bond motifs is 1. The van der Waals surface area contributed by atoms with Crippen molar-refractivity contribution in [2.45, 2.75) is 25.3 Å². The van der Waals surface area contributed by atoms with Crippen LogP contribution >= 0.6 is 0 Å². The second kappa shape index (κ2) is 5.17. The minimum Gasteiger partial charge on any atom is -0.493 e. The standard InChI is InChI=1S/C14H19NO/c1-3-13(15-4-2)11-9-10-16-14-8-6-5-7-12(11)14/h3,5-8,11,13,15H,1,4,9-10H2,2H3. The van der Waals surface area contributed by atoms with Crippen LogP contribution in [0.5, 0.6) is 5.75 Å². The van der Waals surface area contributed by atoms with Crippen molar-refractivity contribution < 1.29 is 4.74 Å². The summed E-state index contributed by atoms with van der Waals surface area (Å²) < 4.78 is 5.66. The molecule has 0 aliphatic carbocycles. The van der Waals surface area contributed by atoms with Crippen molar-refractivity contribution in [2.24, 2.45) is 0 Å². The molecule has 1 N–H and O–H groups in total. The molecule has 2 unspecified atom stereocenters. The van der Waals surface area contributed by atoms with Crippen LogP contribution in [-0.4, -0.2) is 19.2 Å². The first-order valence-corrected chi connectivity index (χ1v) is 5.94. The predicted molar refractivity (Wildman–Crippen MR) is 67.0 cm³/mol. The van der Waals surface area contributed by atoms with Gasteiger partial charge in [-0.3, -0.25) is 0 Å². The van der Waals surface area contributed by atoms with Gasteiger partial charge in [0, 0.05) is 12.0 Å². The summed E-state index contributed by atoms with van der Waals surface area (Å²) in [5.41, 5.74) is 1.31. The highest BCUT2D eigenvalue weighted by atomic mass is 16.5. The van der Waals surface area contributed by atoms with Crippen LogP contribution in [0, 0.1) is 0 Å². The Labute approximate surface area is 97.3 Å². The summed E-state index contributed by atoms with van der Waals surface area (Å²) in [6.07, 6.45) is 3.07. The van der Waals surface area contributed by atoms with E-state index in [9.17, 15) is 0 Å². The zero-order valence-electron chi connectivity index (χ0n) is 9.78. The average Bonchev–Trinajstić information content (AvgIpc) is 2.35. The molecule has 1 heterocycles. The van der Waals surface area contributed by atoms with Crippen molar-refractivity contribution >= 4 is 0 Å². The summed E-state index contributed by atoms with van der Waals surface area (Å²) in [7, 11) is 0. The highest BCUT2D eigenvalue weighted by molar-refractivity contribution is 5.39. The molecule has 2 atom stereocenters. The molecule has 0 radical (unpaired) electrons. The second-order valence-electron chi connectivity index (χ2n) is 4.10. The summed E-state index contributed by atoms with van der Waals surface area (Å²) in [6.45, 7) is 7.82. The van der Waals surface area contributed by atoms with E-state index in [2.05, 4.69) is 31.0 Å². The van der Waals surface area contributed by atoms with Gasteiger partial charge in [-0.15, -0.1) is 6.58 Å². The average molecular weight is 217 g/mol. The van der Waals surface area contributed by atoms with E-state index in [1.165, 1.54) is 5.56 Å². The minimum atomic E-state index is 0.343. The molecule has 0 aromatic heterocycles. The lowest BCUT2D eigenvalue weighted by atomic mass is 9.86. The maximum Gasteiger partial charge on any atom is 0.122 e. The lowest BCUT2D eigenvalue weighted by Crippen LogP contribution is -2.35. The first kappa shape index (κ1) is 11.2. The Morgan fingerprint density at radius 2 is 2.38 bits per heavy atom. The number of likely N-dealkylation sites (N-methyl/N-ethyl adjacent to an activating group) is 1. The molecule has 2 nitrogen and oxygen atoms in total. The van der Waals surface area contributed by atoms with Crippen molar-refractivity contribution in [1.82, 2.24) is 5.32 Å². The Morgan fingerprint density at radius 3 is 3.12 bits per heavy atom. The Bertz CT molecular complexity index is 362. The van der Waals surface area contributed by atoms with Gasteiger partial charge in [0.25, 0.3) is 0 Å². The van der Waals surface area contributed by atoms with Crippen LogP contribution in [0.15, 0.2) is 36.9 Å². The third-order valence-electron chi connectivity index (χ3n) is 3.13. The second-order valence-corrected chi connectivity index (χ2v) is 4.10. The smallest absolute Gasteiger partial charge is 0.122 e. The van der Waals surface area contributed by atoms with Gasteiger partial charge in [0.05, 0.1) is 6.61 Å². The van der Waals surface area contributed by atoms with Crippen LogP contribution in [-0.2, 0) is 0 Å². The predicted octanol–water partition coefficient (Wildman–Crippen LogP) is 2.72. The molecule has 0 fully saturated rings. The number of ether oxygens (including phenoxy) is 1. The number of para-hydroxylation sites is 1. The van der Waals surface area contributed by atoms with Gasteiger partial charge in [0.2, 0.25) is 0 Å². The van der Waals surface area contributed by atoms with Gasteiger partial charge in [-0.1, -0.05) is 31.2 Å². The van der Waals surface area contributed by atoms with Gasteiger partial charge in [0.1, 0.15) is 5.75 Å². The topological polar surface area (TPSA) is 21.3 Å². The Hall–Kier alpha value is -1.28. The first-order chi connectivity index (χ1) is 7.86. The van der Waals surface area contributed by atoms with Crippen LogP contribution in [0.2, 0.25) is 0 Å². The van der Waals surface area contributed by atoms with E-state index in [0.29, 0.717) is 12.0 Å². The molecule has 1 aromatic rings. The van der Waals surface area contributed by atoms with Gasteiger partial charge in [0.15, 0.2) is 0 Å². The fourth-order valence-electron chi connectivity index (χ4n) is 2.37. The van der Waals surface area contributed by atoms with Gasteiger partial charge in [-0.05, 0) is 24.6 Å². The monoisotopic (exact) mass is 217 g/mol. The third-order valence-corrected chi connectivity index (χ3v) is 3.13. The number of hydrogen-bond acceptors (Lipinski definition) is 2. The Morgan fingerprint density at radius 1 is 1.56 bits per heavy atom. The molecule has 0 saturated heterocycles. The number of rotatable bonds is 4. The molecule has 1 aromatic carbocycles. The van der Waals surface area contributed by atoms with E-state index in [-0.39, 0.29) is 0 Å². The maximum atomic E-state index is 5.66. The van der Waals surface area contributed by atoms with Gasteiger partial charge in [-0.25, -0.2) is 0 Å². The molecule has 2 heteroatoms. The summed E-state index contributed by atoms with van der Waals surface area (Å²) in [6, 6.07) is 8.65. The first-order valence-electron chi connectivity index (χ1n) is 5.94. The molecule has 0 spiro atoms. The molecule has 1 aliphatic rings. The molecule has 0 amide bonds. The zero-order valence-corrected chi connectivity index (χ0v) is 9.78.